The third kappa shape index (κ3) is 2.23. The summed E-state index contributed by atoms with van der Waals surface area (Å²) in [4.78, 5) is 9.67. The van der Waals surface area contributed by atoms with Crippen molar-refractivity contribution in [3.8, 4) is 22.6 Å². The molecule has 3 aromatic rings. The Bertz CT molecular complexity index is 764. The highest BCUT2D eigenvalue weighted by Gasteiger charge is 2.20. The van der Waals surface area contributed by atoms with Gasteiger partial charge in [0.1, 0.15) is 0 Å². The molecule has 1 heterocycles. The van der Waals surface area contributed by atoms with E-state index in [0.29, 0.717) is 0 Å². The molecule has 0 bridgehead atoms. The van der Waals surface area contributed by atoms with E-state index in [1.54, 1.807) is 0 Å². The van der Waals surface area contributed by atoms with Crippen molar-refractivity contribution in [3.63, 3.8) is 0 Å². The Labute approximate surface area is 124 Å². The Morgan fingerprint density at radius 1 is 0.667 bits per heavy atom. The SMILES string of the molecule is c1ccc(-c2nc3c(c(-c4ccccc4)n2)CCC3)cc1. The van der Waals surface area contributed by atoms with Gasteiger partial charge in [0.2, 0.25) is 0 Å². The largest absolute Gasteiger partial charge is 0.233 e. The highest BCUT2D eigenvalue weighted by atomic mass is 14.9. The van der Waals surface area contributed by atoms with E-state index in [1.807, 2.05) is 24.3 Å². The molecule has 0 saturated heterocycles. The van der Waals surface area contributed by atoms with Crippen molar-refractivity contribution < 1.29 is 0 Å². The van der Waals surface area contributed by atoms with Crippen LogP contribution in [-0.2, 0) is 12.8 Å². The molecule has 0 fully saturated rings. The van der Waals surface area contributed by atoms with Gasteiger partial charge in [-0.25, -0.2) is 9.97 Å². The van der Waals surface area contributed by atoms with E-state index in [1.165, 1.54) is 23.2 Å². The number of rotatable bonds is 2. The quantitative estimate of drug-likeness (QED) is 0.695. The molecular formula is C19H16N2. The second kappa shape index (κ2) is 5.13. The summed E-state index contributed by atoms with van der Waals surface area (Å²) in [7, 11) is 0. The fourth-order valence-electron chi connectivity index (χ4n) is 2.98. The zero-order valence-electron chi connectivity index (χ0n) is 11.8. The number of fused-ring (bicyclic) bond motifs is 1. The van der Waals surface area contributed by atoms with Crippen LogP contribution in [0.1, 0.15) is 17.7 Å². The molecule has 4 rings (SSSR count). The first-order valence-electron chi connectivity index (χ1n) is 7.42. The first-order chi connectivity index (χ1) is 10.4. The summed E-state index contributed by atoms with van der Waals surface area (Å²) >= 11 is 0. The van der Waals surface area contributed by atoms with Gasteiger partial charge in [0.05, 0.1) is 5.69 Å². The Morgan fingerprint density at radius 3 is 2.05 bits per heavy atom. The van der Waals surface area contributed by atoms with E-state index in [9.17, 15) is 0 Å². The Kier molecular flexibility index (Phi) is 3.00. The van der Waals surface area contributed by atoms with Crippen molar-refractivity contribution in [2.75, 3.05) is 0 Å². The topological polar surface area (TPSA) is 25.8 Å². The summed E-state index contributed by atoms with van der Waals surface area (Å²) in [5.41, 5.74) is 5.94. The van der Waals surface area contributed by atoms with Gasteiger partial charge in [0.25, 0.3) is 0 Å². The average Bonchev–Trinajstić information content (AvgIpc) is 3.04. The lowest BCUT2D eigenvalue weighted by atomic mass is 10.0. The number of aryl methyl sites for hydroxylation is 1. The lowest BCUT2D eigenvalue weighted by Crippen LogP contribution is -2.00. The molecule has 0 atom stereocenters. The van der Waals surface area contributed by atoms with E-state index in [4.69, 9.17) is 9.97 Å². The Hall–Kier alpha value is -2.48. The molecule has 0 saturated carbocycles. The van der Waals surface area contributed by atoms with Crippen LogP contribution in [0.3, 0.4) is 0 Å². The van der Waals surface area contributed by atoms with Gasteiger partial charge < -0.3 is 0 Å². The van der Waals surface area contributed by atoms with Crippen LogP contribution in [-0.4, -0.2) is 9.97 Å². The number of nitrogens with zero attached hydrogens (tertiary/aromatic N) is 2. The van der Waals surface area contributed by atoms with Gasteiger partial charge in [-0.05, 0) is 19.3 Å². The van der Waals surface area contributed by atoms with Crippen molar-refractivity contribution in [1.82, 2.24) is 9.97 Å². The molecule has 2 aromatic carbocycles. The molecule has 0 aliphatic heterocycles. The third-order valence-corrected chi connectivity index (χ3v) is 4.01. The smallest absolute Gasteiger partial charge is 0.160 e. The average molecular weight is 272 g/mol. The van der Waals surface area contributed by atoms with Crippen LogP contribution in [0.15, 0.2) is 60.7 Å². The van der Waals surface area contributed by atoms with Crippen LogP contribution in [0, 0.1) is 0 Å². The minimum absolute atomic E-state index is 0.843. The molecule has 102 valence electrons. The number of benzene rings is 2. The second-order valence-electron chi connectivity index (χ2n) is 5.41. The van der Waals surface area contributed by atoms with E-state index < -0.39 is 0 Å². The summed E-state index contributed by atoms with van der Waals surface area (Å²) in [6.45, 7) is 0. The maximum Gasteiger partial charge on any atom is 0.160 e. The fourth-order valence-corrected chi connectivity index (χ4v) is 2.98. The van der Waals surface area contributed by atoms with Crippen molar-refractivity contribution >= 4 is 0 Å². The number of hydrogen-bond acceptors (Lipinski definition) is 2. The first kappa shape index (κ1) is 12.3. The van der Waals surface area contributed by atoms with E-state index in [0.717, 1.165) is 29.9 Å². The summed E-state index contributed by atoms with van der Waals surface area (Å²) in [5, 5.41) is 0. The van der Waals surface area contributed by atoms with Crippen LogP contribution >= 0.6 is 0 Å². The zero-order valence-corrected chi connectivity index (χ0v) is 11.8. The van der Waals surface area contributed by atoms with Crippen LogP contribution in [0.5, 0.6) is 0 Å². The molecule has 21 heavy (non-hydrogen) atoms. The molecule has 1 aromatic heterocycles. The van der Waals surface area contributed by atoms with Crippen LogP contribution in [0.25, 0.3) is 22.6 Å². The normalized spacial score (nSPS) is 13.1. The molecule has 2 nitrogen and oxygen atoms in total. The molecule has 0 spiro atoms. The van der Waals surface area contributed by atoms with Crippen LogP contribution in [0.2, 0.25) is 0 Å². The van der Waals surface area contributed by atoms with Crippen molar-refractivity contribution in [3.05, 3.63) is 71.9 Å². The summed E-state index contributed by atoms with van der Waals surface area (Å²) in [6, 6.07) is 20.7. The standard InChI is InChI=1S/C19H16N2/c1-3-8-14(9-4-1)18-16-12-7-13-17(16)20-19(21-18)15-10-5-2-6-11-15/h1-6,8-11H,7,12-13H2. The van der Waals surface area contributed by atoms with Gasteiger partial charge in [-0.3, -0.25) is 0 Å². The lowest BCUT2D eigenvalue weighted by Gasteiger charge is -2.10. The molecule has 0 radical (unpaired) electrons. The minimum atomic E-state index is 0.843. The second-order valence-corrected chi connectivity index (χ2v) is 5.41. The van der Waals surface area contributed by atoms with Gasteiger partial charge in [0.15, 0.2) is 5.82 Å². The summed E-state index contributed by atoms with van der Waals surface area (Å²) < 4.78 is 0. The maximum atomic E-state index is 4.87. The predicted octanol–water partition coefficient (Wildman–Crippen LogP) is 4.30. The van der Waals surface area contributed by atoms with Crippen LogP contribution < -0.4 is 0 Å². The van der Waals surface area contributed by atoms with Crippen molar-refractivity contribution in [1.29, 1.82) is 0 Å². The molecule has 0 N–H and O–H groups in total. The molecular weight excluding hydrogens is 256 g/mol. The van der Waals surface area contributed by atoms with E-state index >= 15 is 0 Å². The summed E-state index contributed by atoms with van der Waals surface area (Å²) in [5.74, 6) is 0.843. The van der Waals surface area contributed by atoms with Gasteiger partial charge in [0, 0.05) is 22.4 Å². The predicted molar refractivity (Wildman–Crippen MR) is 84.9 cm³/mol. The Balaban J connectivity index is 1.92. The molecule has 1 aliphatic carbocycles. The summed E-state index contributed by atoms with van der Waals surface area (Å²) in [6.07, 6.45) is 3.34. The van der Waals surface area contributed by atoms with Gasteiger partial charge in [-0.2, -0.15) is 0 Å². The highest BCUT2D eigenvalue weighted by molar-refractivity contribution is 5.68. The first-order valence-corrected chi connectivity index (χ1v) is 7.42. The van der Waals surface area contributed by atoms with Crippen LogP contribution in [0.4, 0.5) is 0 Å². The van der Waals surface area contributed by atoms with E-state index in [-0.39, 0.29) is 0 Å². The van der Waals surface area contributed by atoms with Crippen molar-refractivity contribution in [2.24, 2.45) is 0 Å². The number of hydrogen-bond donors (Lipinski definition) is 0. The third-order valence-electron chi connectivity index (χ3n) is 4.01. The fraction of sp³-hybridized carbons (Fsp3) is 0.158. The van der Waals surface area contributed by atoms with E-state index in [2.05, 4.69) is 36.4 Å². The molecule has 0 unspecified atom stereocenters. The molecule has 0 amide bonds. The number of aromatic nitrogens is 2. The van der Waals surface area contributed by atoms with Crippen molar-refractivity contribution in [2.45, 2.75) is 19.3 Å². The molecule has 1 aliphatic rings. The van der Waals surface area contributed by atoms with Gasteiger partial charge >= 0.3 is 0 Å². The Morgan fingerprint density at radius 2 is 1.33 bits per heavy atom. The minimum Gasteiger partial charge on any atom is -0.233 e. The lowest BCUT2D eigenvalue weighted by molar-refractivity contribution is 0.900. The van der Waals surface area contributed by atoms with Gasteiger partial charge in [-0.15, -0.1) is 0 Å². The molecule has 2 heteroatoms. The van der Waals surface area contributed by atoms with Gasteiger partial charge in [-0.1, -0.05) is 60.7 Å². The highest BCUT2D eigenvalue weighted by Crippen LogP contribution is 2.32. The monoisotopic (exact) mass is 272 g/mol. The maximum absolute atomic E-state index is 4.87. The zero-order chi connectivity index (χ0) is 14.1.